The van der Waals surface area contributed by atoms with Crippen LogP contribution >= 0.6 is 0 Å². The van der Waals surface area contributed by atoms with Crippen molar-refractivity contribution in [3.8, 4) is 0 Å². The molecule has 5 aromatic rings. The summed E-state index contributed by atoms with van der Waals surface area (Å²) in [6.07, 6.45) is 17.9. The molecule has 4 heterocycles. The molecule has 2 aliphatic heterocycles. The van der Waals surface area contributed by atoms with Crippen molar-refractivity contribution < 1.29 is 55.4 Å². The summed E-state index contributed by atoms with van der Waals surface area (Å²) >= 11 is 0. The summed E-state index contributed by atoms with van der Waals surface area (Å²) in [5, 5.41) is 28.6. The van der Waals surface area contributed by atoms with E-state index in [0.717, 1.165) is 75.2 Å². The van der Waals surface area contributed by atoms with Gasteiger partial charge in [-0.3, -0.25) is 4.55 Å². The van der Waals surface area contributed by atoms with Crippen molar-refractivity contribution in [2.24, 2.45) is 0 Å². The highest BCUT2D eigenvalue weighted by Crippen LogP contribution is 2.48. The van der Waals surface area contributed by atoms with Crippen LogP contribution in [0.3, 0.4) is 0 Å². The molecular weight excluding hydrogens is 1050 g/mol. The van der Waals surface area contributed by atoms with Gasteiger partial charge in [-0.15, -0.1) is 10.2 Å². The predicted molar refractivity (Wildman–Crippen MR) is 315 cm³/mol. The number of carboxylic acids is 1. The van der Waals surface area contributed by atoms with Gasteiger partial charge >= 0.3 is 5.97 Å². The zero-order valence-electron chi connectivity index (χ0n) is 49.8. The molecule has 0 saturated carbocycles. The normalized spacial score (nSPS) is 16.0. The molecule has 81 heavy (non-hydrogen) atoms. The molecule has 2 N–H and O–H groups in total. The van der Waals surface area contributed by atoms with Crippen LogP contribution in [0.5, 0.6) is 0 Å². The Balaban J connectivity index is 1.44. The molecule has 2 aromatic heterocycles. The molecule has 0 spiro atoms. The van der Waals surface area contributed by atoms with Gasteiger partial charge in [0.2, 0.25) is 5.69 Å². The summed E-state index contributed by atoms with van der Waals surface area (Å²) in [5.74, 6) is -1.10. The number of rotatable bonds is 29. The van der Waals surface area contributed by atoms with E-state index in [0.29, 0.717) is 55.5 Å². The summed E-state index contributed by atoms with van der Waals surface area (Å²) in [4.78, 5) is 15.5. The SMILES string of the molecule is COCCOCc1cn(Cc2cc(C(=O)O)cc(Cn3cc(COCCOC)nn3)c2C(=C\C=C\C2=[N+](CCC[N+](C)(C)C)c3ccc(S(=O)(=O)O)cc3C2(C)C)/C=C/C=C2/N(CCC[N+](C)(C)C)c3ccc(C)cc3C2(C)C)nn1. The van der Waals surface area contributed by atoms with E-state index < -0.39 is 21.5 Å². The molecule has 0 unspecified atom stereocenters. The minimum Gasteiger partial charge on any atom is -0.478 e. The molecule has 7 rings (SSSR count). The molecule has 20 heteroatoms. The number of aromatic nitrogens is 6. The minimum atomic E-state index is -4.48. The van der Waals surface area contributed by atoms with Gasteiger partial charge in [-0.05, 0) is 85.0 Å². The summed E-state index contributed by atoms with van der Waals surface area (Å²) in [7, 11) is 11.9. The zero-order chi connectivity index (χ0) is 58.9. The maximum Gasteiger partial charge on any atom is 0.335 e. The van der Waals surface area contributed by atoms with E-state index in [1.54, 1.807) is 60.2 Å². The molecule has 436 valence electrons. The van der Waals surface area contributed by atoms with Gasteiger partial charge in [0.25, 0.3) is 10.1 Å². The standard InChI is InChI=1S/C61H83N10O9S/c1-44-22-24-54-52(34-44)60(2,3)56(68(54)26-16-28-70(6,7)8)20-14-18-45(19-15-21-57-61(4,5)53-37-51(81(74,75)76)23-25-55(53)69(57)27-17-29-71(9,10)11)58-47(38-66-40-49(62-64-66)42-79-32-30-77-12)35-46(59(72)73)36-48(58)39-67-41-50(63-65-67)43-80-33-31-78-13/h14-15,18-25,34-37,40-41H,16-17,26-33,38-39,42-43H2,1-13H3/q+1/p+2. The molecular formula is C61H85N10O9S+3. The highest BCUT2D eigenvalue weighted by atomic mass is 32.2. The van der Waals surface area contributed by atoms with Gasteiger partial charge in [-0.25, -0.2) is 14.2 Å². The number of fused-ring (bicyclic) bond motifs is 2. The lowest BCUT2D eigenvalue weighted by Gasteiger charge is -2.29. The Labute approximate surface area is 479 Å². The fourth-order valence-electron chi connectivity index (χ4n) is 10.7. The highest BCUT2D eigenvalue weighted by Gasteiger charge is 2.45. The quantitative estimate of drug-likeness (QED) is 0.0154. The minimum absolute atomic E-state index is 0.0799. The molecule has 0 aliphatic carbocycles. The zero-order valence-corrected chi connectivity index (χ0v) is 50.6. The topological polar surface area (TPSA) is 196 Å². The van der Waals surface area contributed by atoms with Gasteiger partial charge < -0.3 is 37.9 Å². The monoisotopic (exact) mass is 1130 g/mol. The van der Waals surface area contributed by atoms with E-state index >= 15 is 0 Å². The molecule has 0 fully saturated rings. The van der Waals surface area contributed by atoms with E-state index in [9.17, 15) is 22.9 Å². The lowest BCUT2D eigenvalue weighted by Crippen LogP contribution is -2.37. The maximum atomic E-state index is 13.2. The smallest absolute Gasteiger partial charge is 0.335 e. The fraction of sp³-hybridized carbons (Fsp3) is 0.475. The Kier molecular flexibility index (Phi) is 20.1. The Morgan fingerprint density at radius 3 is 1.90 bits per heavy atom. The average Bonchev–Trinajstić information content (AvgIpc) is 3.30. The van der Waals surface area contributed by atoms with Gasteiger partial charge in [-0.1, -0.05) is 66.3 Å². The molecule has 0 saturated heterocycles. The Morgan fingerprint density at radius 1 is 0.753 bits per heavy atom. The first-order valence-electron chi connectivity index (χ1n) is 27.5. The van der Waals surface area contributed by atoms with Crippen LogP contribution in [0.4, 0.5) is 11.4 Å². The van der Waals surface area contributed by atoms with E-state index in [-0.39, 0.29) is 42.2 Å². The van der Waals surface area contributed by atoms with Crippen LogP contribution in [0.25, 0.3) is 5.57 Å². The predicted octanol–water partition coefficient (Wildman–Crippen LogP) is 7.99. The molecule has 0 atom stereocenters. The Morgan fingerprint density at radius 2 is 1.35 bits per heavy atom. The van der Waals surface area contributed by atoms with Crippen molar-refractivity contribution in [3.63, 3.8) is 0 Å². The number of ether oxygens (including phenoxy) is 4. The molecule has 3 aromatic carbocycles. The largest absolute Gasteiger partial charge is 0.478 e. The number of nitrogens with zero attached hydrogens (tertiary/aromatic N) is 10. The second-order valence-corrected chi connectivity index (χ2v) is 25.5. The average molecular weight is 1130 g/mol. The number of methoxy groups -OCH3 is 2. The van der Waals surface area contributed by atoms with Gasteiger partial charge in [0.05, 0.1) is 143 Å². The first-order valence-corrected chi connectivity index (χ1v) is 29.0. The number of hydrogen-bond donors (Lipinski definition) is 2. The van der Waals surface area contributed by atoms with Crippen molar-refractivity contribution in [2.75, 3.05) is 114 Å². The maximum absolute atomic E-state index is 13.2. The van der Waals surface area contributed by atoms with Crippen molar-refractivity contribution in [1.82, 2.24) is 30.0 Å². The van der Waals surface area contributed by atoms with Crippen LogP contribution in [0.2, 0.25) is 0 Å². The van der Waals surface area contributed by atoms with Crippen molar-refractivity contribution >= 4 is 38.7 Å². The Bertz CT molecular complexity index is 3240. The van der Waals surface area contributed by atoms with Crippen LogP contribution in [0.15, 0.2) is 108 Å². The summed E-state index contributed by atoms with van der Waals surface area (Å²) < 4.78 is 64.5. The molecule has 0 bridgehead atoms. The lowest BCUT2D eigenvalue weighted by atomic mass is 9.81. The van der Waals surface area contributed by atoms with E-state index in [1.807, 2.05) is 12.2 Å². The lowest BCUT2D eigenvalue weighted by molar-refractivity contribution is -0.871. The van der Waals surface area contributed by atoms with Crippen LogP contribution in [0, 0.1) is 6.92 Å². The first kappa shape index (κ1) is 62.1. The number of carboxylic acid groups (broad SMARTS) is 1. The third kappa shape index (κ3) is 16.0. The third-order valence-corrected chi connectivity index (χ3v) is 15.6. The van der Waals surface area contributed by atoms with Gasteiger partial charge in [0, 0.05) is 61.7 Å². The second kappa shape index (κ2) is 26.2. The van der Waals surface area contributed by atoms with E-state index in [2.05, 4.69) is 150 Å². The first-order chi connectivity index (χ1) is 38.2. The third-order valence-electron chi connectivity index (χ3n) is 14.7. The molecule has 2 aliphatic rings. The number of allylic oxidation sites excluding steroid dienone is 8. The van der Waals surface area contributed by atoms with Gasteiger partial charge in [-0.2, -0.15) is 13.0 Å². The number of aryl methyl sites for hydroxylation is 1. The second-order valence-electron chi connectivity index (χ2n) is 24.1. The van der Waals surface area contributed by atoms with Crippen molar-refractivity contribution in [3.05, 3.63) is 153 Å². The molecule has 0 radical (unpaired) electrons. The van der Waals surface area contributed by atoms with Crippen LogP contribution < -0.4 is 4.90 Å². The van der Waals surface area contributed by atoms with E-state index in [1.165, 1.54) is 22.9 Å². The fourth-order valence-corrected chi connectivity index (χ4v) is 11.2. The van der Waals surface area contributed by atoms with Crippen LogP contribution in [0.1, 0.15) is 95.7 Å². The summed E-state index contributed by atoms with van der Waals surface area (Å²) in [6.45, 7) is 16.5. The molecule has 19 nitrogen and oxygen atoms in total. The van der Waals surface area contributed by atoms with E-state index in [4.69, 9.17) is 18.9 Å². The van der Waals surface area contributed by atoms with Crippen molar-refractivity contribution in [2.45, 2.75) is 89.5 Å². The number of benzene rings is 3. The number of carbonyl (C=O) groups is 1. The number of anilines is 1. The molecule has 0 amide bonds. The number of quaternary nitrogens is 2. The Hall–Kier alpha value is -6.49. The summed E-state index contributed by atoms with van der Waals surface area (Å²) in [6, 6.07) is 14.9. The van der Waals surface area contributed by atoms with Gasteiger partial charge in [0.15, 0.2) is 12.3 Å². The van der Waals surface area contributed by atoms with Gasteiger partial charge in [0.1, 0.15) is 11.4 Å². The number of aromatic carboxylic acids is 1. The number of hydrogen-bond acceptors (Lipinski definition) is 12. The highest BCUT2D eigenvalue weighted by molar-refractivity contribution is 7.85. The van der Waals surface area contributed by atoms with Crippen LogP contribution in [-0.2, 0) is 66.2 Å². The van der Waals surface area contributed by atoms with Crippen LogP contribution in [-0.4, -0.2) is 182 Å². The summed E-state index contributed by atoms with van der Waals surface area (Å²) in [5.41, 5.74) is 10.5. The van der Waals surface area contributed by atoms with Crippen molar-refractivity contribution in [1.29, 1.82) is 0 Å².